The first-order valence-corrected chi connectivity index (χ1v) is 17.4. The van der Waals surface area contributed by atoms with Crippen molar-refractivity contribution in [1.82, 2.24) is 0 Å². The molecular weight excluding hydrogens is 580 g/mol. The fourth-order valence-electron chi connectivity index (χ4n) is 4.64. The van der Waals surface area contributed by atoms with Crippen LogP contribution in [0.1, 0.15) is 103 Å². The first-order valence-electron chi connectivity index (χ1n) is 17.4. The molecule has 0 aliphatic rings. The number of unbranched alkanes of at least 4 members (excludes halogenated alkanes) is 6. The highest BCUT2D eigenvalue weighted by atomic mass is 16.5. The number of ether oxygens (including phenoxy) is 4. The summed E-state index contributed by atoms with van der Waals surface area (Å²) in [6.07, 6.45) is 14.0. The average molecular weight is 641 g/mol. The Kier molecular flexibility index (Phi) is 21.7. The molecular formula is C38H60N2O6. The van der Waals surface area contributed by atoms with Crippen LogP contribution in [0.15, 0.2) is 58.7 Å². The lowest BCUT2D eigenvalue weighted by atomic mass is 10.0. The number of aliphatic hydroxyl groups excluding tert-OH is 2. The molecule has 8 heteroatoms. The summed E-state index contributed by atoms with van der Waals surface area (Å²) in [5, 5.41) is 28.5. The summed E-state index contributed by atoms with van der Waals surface area (Å²) in [5.41, 5.74) is 1.77. The van der Waals surface area contributed by atoms with Crippen molar-refractivity contribution in [3.05, 3.63) is 59.7 Å². The molecule has 0 amide bonds. The molecule has 8 nitrogen and oxygen atoms in total. The third-order valence-electron chi connectivity index (χ3n) is 7.39. The fraction of sp³-hybridized carbons (Fsp3) is 0.632. The van der Waals surface area contributed by atoms with Crippen LogP contribution in [0.2, 0.25) is 0 Å². The highest BCUT2D eigenvalue weighted by Gasteiger charge is 2.07. The maximum Gasteiger partial charge on any atom is 0.119 e. The molecule has 0 saturated heterocycles. The summed E-state index contributed by atoms with van der Waals surface area (Å²) in [7, 11) is 0. The Hall–Kier alpha value is -2.78. The summed E-state index contributed by atoms with van der Waals surface area (Å²) in [5.74, 6) is 2.90. The van der Waals surface area contributed by atoms with Gasteiger partial charge in [0.05, 0.1) is 25.6 Å². The van der Waals surface area contributed by atoms with Crippen molar-refractivity contribution < 1.29 is 29.2 Å². The van der Waals surface area contributed by atoms with Gasteiger partial charge in [0, 0.05) is 13.2 Å². The lowest BCUT2D eigenvalue weighted by Gasteiger charge is -2.13. The lowest BCUT2D eigenvalue weighted by molar-refractivity contribution is 0.0109. The van der Waals surface area contributed by atoms with Gasteiger partial charge in [-0.2, -0.15) is 10.2 Å². The van der Waals surface area contributed by atoms with Crippen LogP contribution >= 0.6 is 0 Å². The van der Waals surface area contributed by atoms with Crippen molar-refractivity contribution in [3.63, 3.8) is 0 Å². The van der Waals surface area contributed by atoms with Gasteiger partial charge in [-0.1, -0.05) is 79.1 Å². The maximum absolute atomic E-state index is 10.1. The average Bonchev–Trinajstić information content (AvgIpc) is 3.04. The zero-order chi connectivity index (χ0) is 33.2. The molecule has 0 heterocycles. The minimum Gasteiger partial charge on any atom is -0.491 e. The van der Waals surface area contributed by atoms with Crippen LogP contribution in [0.3, 0.4) is 0 Å². The summed E-state index contributed by atoms with van der Waals surface area (Å²) in [4.78, 5) is 0. The summed E-state index contributed by atoms with van der Waals surface area (Å²) < 4.78 is 22.6. The van der Waals surface area contributed by atoms with Gasteiger partial charge in [-0.15, -0.1) is 0 Å². The Bertz CT molecular complexity index is 970. The molecule has 2 aromatic carbocycles. The van der Waals surface area contributed by atoms with E-state index in [1.165, 1.54) is 51.4 Å². The van der Waals surface area contributed by atoms with Crippen LogP contribution in [0.25, 0.3) is 0 Å². The molecule has 0 spiro atoms. The van der Waals surface area contributed by atoms with Crippen molar-refractivity contribution in [3.8, 4) is 11.5 Å². The summed E-state index contributed by atoms with van der Waals surface area (Å²) >= 11 is 0. The predicted molar refractivity (Wildman–Crippen MR) is 189 cm³/mol. The van der Waals surface area contributed by atoms with E-state index in [-0.39, 0.29) is 26.4 Å². The van der Waals surface area contributed by atoms with Crippen molar-refractivity contribution in [2.45, 2.75) is 104 Å². The van der Waals surface area contributed by atoms with Crippen molar-refractivity contribution in [2.75, 3.05) is 39.6 Å². The molecule has 0 saturated carbocycles. The first-order chi connectivity index (χ1) is 22.3. The molecule has 0 aliphatic carbocycles. The van der Waals surface area contributed by atoms with Gasteiger partial charge in [0.2, 0.25) is 0 Å². The SMILES string of the molecule is CC(C)CCCCCCOCC(O)COc1ccc(/C=N/N=C/c2ccc(OCC(O)COCCCCCCC(C)C)cc2)cc1. The Morgan fingerprint density at radius 3 is 1.26 bits per heavy atom. The zero-order valence-corrected chi connectivity index (χ0v) is 28.8. The minimum absolute atomic E-state index is 0.184. The summed E-state index contributed by atoms with van der Waals surface area (Å²) in [6.45, 7) is 11.3. The number of benzene rings is 2. The third-order valence-corrected chi connectivity index (χ3v) is 7.39. The van der Waals surface area contributed by atoms with Crippen LogP contribution in [0.4, 0.5) is 0 Å². The van der Waals surface area contributed by atoms with E-state index in [9.17, 15) is 10.2 Å². The molecule has 46 heavy (non-hydrogen) atoms. The lowest BCUT2D eigenvalue weighted by Crippen LogP contribution is -2.23. The van der Waals surface area contributed by atoms with E-state index in [2.05, 4.69) is 37.9 Å². The standard InChI is InChI=1S/C38H60N2O6/c1-31(2)13-9-5-7-11-23-43-27-35(41)29-45-37-19-15-33(16-20-37)25-39-40-26-34-17-21-38(22-18-34)46-30-36(42)28-44-24-12-8-6-10-14-32(3)4/h15-22,25-26,31-32,35-36,41-42H,5-14,23-24,27-30H2,1-4H3/b39-25+,40-26+. The van der Waals surface area contributed by atoms with E-state index in [4.69, 9.17) is 18.9 Å². The molecule has 2 aromatic rings. The van der Waals surface area contributed by atoms with Gasteiger partial charge in [0.1, 0.15) is 36.9 Å². The molecule has 0 aromatic heterocycles. The van der Waals surface area contributed by atoms with Gasteiger partial charge in [-0.3, -0.25) is 0 Å². The highest BCUT2D eigenvalue weighted by molar-refractivity contribution is 5.82. The van der Waals surface area contributed by atoms with Gasteiger partial charge in [-0.25, -0.2) is 0 Å². The number of rotatable bonds is 27. The topological polar surface area (TPSA) is 102 Å². The molecule has 0 bridgehead atoms. The van der Waals surface area contributed by atoms with Crippen LogP contribution in [-0.4, -0.2) is 74.5 Å². The zero-order valence-electron chi connectivity index (χ0n) is 28.8. The van der Waals surface area contributed by atoms with E-state index in [0.717, 1.165) is 35.8 Å². The van der Waals surface area contributed by atoms with Gasteiger partial charge in [0.15, 0.2) is 0 Å². The Morgan fingerprint density at radius 1 is 0.522 bits per heavy atom. The molecule has 2 unspecified atom stereocenters. The van der Waals surface area contributed by atoms with Crippen molar-refractivity contribution >= 4 is 12.4 Å². The highest BCUT2D eigenvalue weighted by Crippen LogP contribution is 2.14. The first kappa shape index (κ1) is 39.4. The van der Waals surface area contributed by atoms with E-state index in [1.807, 2.05) is 48.5 Å². The van der Waals surface area contributed by atoms with Crippen molar-refractivity contribution in [1.29, 1.82) is 0 Å². The van der Waals surface area contributed by atoms with Gasteiger partial charge in [-0.05, 0) is 84.3 Å². The van der Waals surface area contributed by atoms with Gasteiger partial charge in [0.25, 0.3) is 0 Å². The fourth-order valence-corrected chi connectivity index (χ4v) is 4.64. The van der Waals surface area contributed by atoms with E-state index >= 15 is 0 Å². The van der Waals surface area contributed by atoms with E-state index in [0.29, 0.717) is 24.7 Å². The van der Waals surface area contributed by atoms with E-state index in [1.54, 1.807) is 12.4 Å². The Morgan fingerprint density at radius 2 is 0.891 bits per heavy atom. The van der Waals surface area contributed by atoms with E-state index < -0.39 is 12.2 Å². The molecule has 2 N–H and O–H groups in total. The van der Waals surface area contributed by atoms with Crippen LogP contribution in [-0.2, 0) is 9.47 Å². The molecule has 2 atom stereocenters. The second-order valence-electron chi connectivity index (χ2n) is 12.9. The monoisotopic (exact) mass is 640 g/mol. The Balaban J connectivity index is 1.55. The smallest absolute Gasteiger partial charge is 0.119 e. The van der Waals surface area contributed by atoms with Crippen molar-refractivity contribution in [2.24, 2.45) is 22.0 Å². The molecule has 2 rings (SSSR count). The number of nitrogens with zero attached hydrogens (tertiary/aromatic N) is 2. The number of hydrogen-bond acceptors (Lipinski definition) is 8. The Labute approximate surface area is 278 Å². The summed E-state index contributed by atoms with van der Waals surface area (Å²) in [6, 6.07) is 14.9. The number of hydrogen-bond donors (Lipinski definition) is 2. The number of aliphatic hydroxyl groups is 2. The van der Waals surface area contributed by atoms with Crippen LogP contribution < -0.4 is 9.47 Å². The van der Waals surface area contributed by atoms with Crippen LogP contribution in [0, 0.1) is 11.8 Å². The second-order valence-corrected chi connectivity index (χ2v) is 12.9. The molecule has 0 radical (unpaired) electrons. The normalized spacial score (nSPS) is 13.3. The maximum atomic E-state index is 10.1. The molecule has 0 fully saturated rings. The van der Waals surface area contributed by atoms with Crippen LogP contribution in [0.5, 0.6) is 11.5 Å². The van der Waals surface area contributed by atoms with Gasteiger partial charge < -0.3 is 29.2 Å². The predicted octanol–water partition coefficient (Wildman–Crippen LogP) is 7.87. The second kappa shape index (κ2) is 25.3. The quantitative estimate of drug-likeness (QED) is 0.0586. The largest absolute Gasteiger partial charge is 0.491 e. The van der Waals surface area contributed by atoms with Gasteiger partial charge >= 0.3 is 0 Å². The molecule has 258 valence electrons. The minimum atomic E-state index is -0.660. The third kappa shape index (κ3) is 21.1. The molecule has 0 aliphatic heterocycles.